The van der Waals surface area contributed by atoms with Crippen LogP contribution in [0, 0.1) is 10.8 Å². The van der Waals surface area contributed by atoms with E-state index in [4.69, 9.17) is 0 Å². The van der Waals surface area contributed by atoms with Gasteiger partial charge in [-0.3, -0.25) is 9.98 Å². The molecule has 200 valence electrons. The van der Waals surface area contributed by atoms with E-state index in [-0.39, 0.29) is 11.5 Å². The highest BCUT2D eigenvalue weighted by molar-refractivity contribution is 6.07. The van der Waals surface area contributed by atoms with E-state index in [1.165, 1.54) is 12.4 Å². The van der Waals surface area contributed by atoms with E-state index in [9.17, 15) is 30.0 Å². The number of aliphatic imine (C=N–C) groups is 2. The van der Waals surface area contributed by atoms with Crippen molar-refractivity contribution in [2.24, 2.45) is 20.8 Å². The van der Waals surface area contributed by atoms with Crippen LogP contribution in [-0.2, 0) is 9.59 Å². The number of hydrogen-bond acceptors (Lipinski definition) is 6. The number of carboxylic acids is 2. The molecule has 3 rings (SSSR count). The van der Waals surface area contributed by atoms with Gasteiger partial charge >= 0.3 is 11.9 Å². The molecule has 0 heterocycles. The second-order valence-corrected chi connectivity index (χ2v) is 11.4. The molecule has 4 N–H and O–H groups in total. The van der Waals surface area contributed by atoms with Gasteiger partial charge in [0.1, 0.15) is 11.5 Å². The molecule has 0 saturated heterocycles. The Bertz CT molecular complexity index is 1430. The molecule has 0 unspecified atom stereocenters. The van der Waals surface area contributed by atoms with Gasteiger partial charge < -0.3 is 20.4 Å². The molecular formula is C30H34N2O6. The molecule has 3 aromatic carbocycles. The Balaban J connectivity index is 2.20. The fourth-order valence-corrected chi connectivity index (χ4v) is 4.22. The summed E-state index contributed by atoms with van der Waals surface area (Å²) in [6.07, 6.45) is 2.67. The molecule has 0 aliphatic heterocycles. The zero-order chi connectivity index (χ0) is 28.4. The summed E-state index contributed by atoms with van der Waals surface area (Å²) in [6, 6.07) is 11.9. The Kier molecular flexibility index (Phi) is 7.95. The first-order valence-electron chi connectivity index (χ1n) is 12.2. The highest BCUT2D eigenvalue weighted by Crippen LogP contribution is 2.43. The fraction of sp³-hybridized carbons (Fsp3) is 0.333. The van der Waals surface area contributed by atoms with Crippen molar-refractivity contribution in [2.75, 3.05) is 0 Å². The zero-order valence-corrected chi connectivity index (χ0v) is 22.4. The van der Waals surface area contributed by atoms with Crippen molar-refractivity contribution in [3.8, 4) is 22.6 Å². The summed E-state index contributed by atoms with van der Waals surface area (Å²) in [5.74, 6) is -2.50. The standard InChI is InChI=1S/C30H34N2O6/c1-29(2,3)25(27(35)36)31-15-18-11-9-13-21(23(18)33)22-20-12-8-7-10-17(20)14-19(24(22)34)16-32-26(28(37)38)30(4,5)6/h7-16,25-26,33-34H,1-6H3,(H,35,36)(H,37,38)/t25-,26-/m1/s1. The van der Waals surface area contributed by atoms with Crippen LogP contribution in [0.2, 0.25) is 0 Å². The molecule has 0 amide bonds. The van der Waals surface area contributed by atoms with Crippen LogP contribution in [-0.4, -0.2) is 56.9 Å². The number of carbonyl (C=O) groups is 2. The SMILES string of the molecule is CC(C)(C)[C@H](N=Cc1cccc(-c2c(O)c(C=N[C@H](C(=O)O)C(C)(C)C)cc3ccccc23)c1O)C(=O)O. The molecule has 0 aliphatic rings. The van der Waals surface area contributed by atoms with E-state index < -0.39 is 34.9 Å². The number of benzene rings is 3. The van der Waals surface area contributed by atoms with Crippen molar-refractivity contribution in [2.45, 2.75) is 53.6 Å². The Morgan fingerprint density at radius 1 is 0.737 bits per heavy atom. The molecule has 0 saturated carbocycles. The van der Waals surface area contributed by atoms with Gasteiger partial charge in [0.2, 0.25) is 0 Å². The van der Waals surface area contributed by atoms with Crippen LogP contribution in [0.25, 0.3) is 21.9 Å². The number of aliphatic carboxylic acids is 2. The van der Waals surface area contributed by atoms with Crippen LogP contribution in [0.15, 0.2) is 58.5 Å². The maximum Gasteiger partial charge on any atom is 0.328 e. The molecule has 0 aliphatic carbocycles. The quantitative estimate of drug-likeness (QED) is 0.293. The summed E-state index contributed by atoms with van der Waals surface area (Å²) < 4.78 is 0. The average molecular weight is 519 g/mol. The summed E-state index contributed by atoms with van der Waals surface area (Å²) in [4.78, 5) is 32.0. The summed E-state index contributed by atoms with van der Waals surface area (Å²) in [6.45, 7) is 10.6. The minimum Gasteiger partial charge on any atom is -0.507 e. The van der Waals surface area contributed by atoms with E-state index in [1.807, 2.05) is 18.2 Å². The van der Waals surface area contributed by atoms with Crippen LogP contribution < -0.4 is 0 Å². The predicted octanol–water partition coefficient (Wildman–Crippen LogP) is 5.75. The monoisotopic (exact) mass is 518 g/mol. The second kappa shape index (κ2) is 10.7. The van der Waals surface area contributed by atoms with E-state index >= 15 is 0 Å². The summed E-state index contributed by atoms with van der Waals surface area (Å²) in [5.41, 5.74) is -0.0505. The Morgan fingerprint density at radius 3 is 1.79 bits per heavy atom. The van der Waals surface area contributed by atoms with E-state index in [0.29, 0.717) is 27.6 Å². The van der Waals surface area contributed by atoms with E-state index in [2.05, 4.69) is 9.98 Å². The number of fused-ring (bicyclic) bond motifs is 1. The molecule has 8 nitrogen and oxygen atoms in total. The van der Waals surface area contributed by atoms with Gasteiger partial charge in [-0.2, -0.15) is 0 Å². The number of para-hydroxylation sites is 1. The molecule has 2 atom stereocenters. The molecule has 0 radical (unpaired) electrons. The molecule has 3 aromatic rings. The lowest BCUT2D eigenvalue weighted by molar-refractivity contribution is -0.141. The van der Waals surface area contributed by atoms with Crippen LogP contribution in [0.5, 0.6) is 11.5 Å². The average Bonchev–Trinajstić information content (AvgIpc) is 2.79. The normalized spacial score (nSPS) is 14.3. The molecule has 8 heteroatoms. The first kappa shape index (κ1) is 28.4. The maximum absolute atomic E-state index is 11.8. The van der Waals surface area contributed by atoms with Crippen LogP contribution in [0.3, 0.4) is 0 Å². The molecule has 0 spiro atoms. The lowest BCUT2D eigenvalue weighted by Gasteiger charge is -2.23. The first-order valence-corrected chi connectivity index (χ1v) is 12.2. The Labute approximate surface area is 222 Å². The number of nitrogens with zero attached hydrogens (tertiary/aromatic N) is 2. The lowest BCUT2D eigenvalue weighted by atomic mass is 9.87. The third-order valence-electron chi connectivity index (χ3n) is 6.22. The van der Waals surface area contributed by atoms with Crippen molar-refractivity contribution in [1.29, 1.82) is 0 Å². The smallest absolute Gasteiger partial charge is 0.328 e. The number of phenols is 2. The predicted molar refractivity (Wildman–Crippen MR) is 150 cm³/mol. The molecule has 0 aromatic heterocycles. The third-order valence-corrected chi connectivity index (χ3v) is 6.22. The minimum atomic E-state index is -1.08. The van der Waals surface area contributed by atoms with Crippen molar-refractivity contribution < 1.29 is 30.0 Å². The van der Waals surface area contributed by atoms with Gasteiger partial charge in [0.15, 0.2) is 12.1 Å². The Morgan fingerprint density at radius 2 is 1.26 bits per heavy atom. The van der Waals surface area contributed by atoms with Crippen molar-refractivity contribution in [3.05, 3.63) is 59.7 Å². The van der Waals surface area contributed by atoms with Gasteiger partial charge in [0.05, 0.1) is 0 Å². The third kappa shape index (κ3) is 6.02. The van der Waals surface area contributed by atoms with Gasteiger partial charge in [0, 0.05) is 34.7 Å². The number of hydrogen-bond donors (Lipinski definition) is 4. The molecular weight excluding hydrogens is 484 g/mol. The number of phenolic OH excluding ortho intramolecular Hbond substituents is 2. The fourth-order valence-electron chi connectivity index (χ4n) is 4.22. The number of carboxylic acid groups (broad SMARTS) is 2. The van der Waals surface area contributed by atoms with E-state index in [1.54, 1.807) is 71.9 Å². The van der Waals surface area contributed by atoms with Gasteiger partial charge in [-0.05, 0) is 33.7 Å². The Hall–Kier alpha value is -4.20. The second-order valence-electron chi connectivity index (χ2n) is 11.4. The number of rotatable bonds is 7. The minimum absolute atomic E-state index is 0.173. The van der Waals surface area contributed by atoms with Gasteiger partial charge in [-0.1, -0.05) is 77.9 Å². The van der Waals surface area contributed by atoms with Gasteiger partial charge in [0.25, 0.3) is 0 Å². The van der Waals surface area contributed by atoms with Crippen LogP contribution in [0.4, 0.5) is 0 Å². The van der Waals surface area contributed by atoms with Crippen molar-refractivity contribution >= 4 is 35.1 Å². The molecule has 0 bridgehead atoms. The maximum atomic E-state index is 11.8. The van der Waals surface area contributed by atoms with Gasteiger partial charge in [-0.25, -0.2) is 9.59 Å². The van der Waals surface area contributed by atoms with Crippen molar-refractivity contribution in [1.82, 2.24) is 0 Å². The topological polar surface area (TPSA) is 140 Å². The first-order chi connectivity index (χ1) is 17.6. The summed E-state index contributed by atoms with van der Waals surface area (Å²) >= 11 is 0. The largest absolute Gasteiger partial charge is 0.507 e. The lowest BCUT2D eigenvalue weighted by Crippen LogP contribution is -2.32. The van der Waals surface area contributed by atoms with E-state index in [0.717, 1.165) is 5.39 Å². The zero-order valence-electron chi connectivity index (χ0n) is 22.4. The van der Waals surface area contributed by atoms with Gasteiger partial charge in [-0.15, -0.1) is 0 Å². The highest BCUT2D eigenvalue weighted by Gasteiger charge is 2.31. The summed E-state index contributed by atoms with van der Waals surface area (Å²) in [7, 11) is 0. The van der Waals surface area contributed by atoms with Crippen LogP contribution in [0.1, 0.15) is 52.7 Å². The number of aromatic hydroxyl groups is 2. The van der Waals surface area contributed by atoms with Crippen LogP contribution >= 0.6 is 0 Å². The summed E-state index contributed by atoms with van der Waals surface area (Å²) in [5, 5.41) is 43.2. The van der Waals surface area contributed by atoms with Crippen molar-refractivity contribution in [3.63, 3.8) is 0 Å². The highest BCUT2D eigenvalue weighted by atomic mass is 16.4. The molecule has 0 fully saturated rings. The molecule has 38 heavy (non-hydrogen) atoms.